The summed E-state index contributed by atoms with van der Waals surface area (Å²) >= 11 is 0. The Kier molecular flexibility index (Phi) is 5.05. The number of hydrogen-bond acceptors (Lipinski definition) is 3. The molecular formula is C18H24O3. The maximum Gasteiger partial charge on any atom is 0.331 e. The number of hydrogen-bond donors (Lipinski definition) is 0. The highest BCUT2D eigenvalue weighted by molar-refractivity contribution is 5.87. The van der Waals surface area contributed by atoms with Crippen molar-refractivity contribution in [3.05, 3.63) is 35.9 Å². The van der Waals surface area contributed by atoms with E-state index in [1.54, 1.807) is 6.08 Å². The molecule has 0 heterocycles. The number of carbonyl (C=O) groups is 1. The number of rotatable bonds is 4. The van der Waals surface area contributed by atoms with Gasteiger partial charge < -0.3 is 9.47 Å². The van der Waals surface area contributed by atoms with Gasteiger partial charge in [-0.15, -0.1) is 0 Å². The van der Waals surface area contributed by atoms with Crippen LogP contribution in [0.3, 0.4) is 0 Å². The zero-order valence-electron chi connectivity index (χ0n) is 13.1. The Bertz CT molecular complexity index is 505. The molecule has 1 fully saturated rings. The van der Waals surface area contributed by atoms with E-state index in [1.165, 1.54) is 18.9 Å². The molecule has 1 aromatic carbocycles. The van der Waals surface area contributed by atoms with Gasteiger partial charge in [0.1, 0.15) is 11.4 Å². The smallest absolute Gasteiger partial charge is 0.331 e. The molecule has 0 spiro atoms. The molecule has 0 amide bonds. The van der Waals surface area contributed by atoms with Gasteiger partial charge in [0, 0.05) is 6.08 Å². The van der Waals surface area contributed by atoms with Crippen molar-refractivity contribution in [2.75, 3.05) is 0 Å². The van der Waals surface area contributed by atoms with E-state index in [0.717, 1.165) is 24.2 Å². The van der Waals surface area contributed by atoms with Crippen LogP contribution in [-0.4, -0.2) is 17.7 Å². The molecule has 0 bridgehead atoms. The summed E-state index contributed by atoms with van der Waals surface area (Å²) in [7, 11) is 0. The van der Waals surface area contributed by atoms with Crippen LogP contribution < -0.4 is 4.74 Å². The number of benzene rings is 1. The van der Waals surface area contributed by atoms with Crippen molar-refractivity contribution in [2.24, 2.45) is 0 Å². The Morgan fingerprint density at radius 3 is 2.62 bits per heavy atom. The number of esters is 1. The molecule has 21 heavy (non-hydrogen) atoms. The zero-order valence-corrected chi connectivity index (χ0v) is 13.1. The molecule has 1 aromatic rings. The van der Waals surface area contributed by atoms with E-state index >= 15 is 0 Å². The van der Waals surface area contributed by atoms with Crippen LogP contribution >= 0.6 is 0 Å². The summed E-state index contributed by atoms with van der Waals surface area (Å²) in [6.45, 7) is 5.57. The van der Waals surface area contributed by atoms with E-state index < -0.39 is 5.60 Å². The largest absolute Gasteiger partial charge is 0.490 e. The summed E-state index contributed by atoms with van der Waals surface area (Å²) in [5.74, 6) is 0.540. The molecule has 0 aliphatic heterocycles. The highest BCUT2D eigenvalue weighted by Gasteiger charge is 2.16. The van der Waals surface area contributed by atoms with E-state index in [2.05, 4.69) is 0 Å². The second-order valence-electron chi connectivity index (χ2n) is 6.46. The molecule has 114 valence electrons. The second-order valence-corrected chi connectivity index (χ2v) is 6.46. The average molecular weight is 288 g/mol. The first-order valence-electron chi connectivity index (χ1n) is 7.60. The van der Waals surface area contributed by atoms with Gasteiger partial charge in [-0.1, -0.05) is 12.1 Å². The van der Waals surface area contributed by atoms with Gasteiger partial charge in [0.05, 0.1) is 6.10 Å². The minimum atomic E-state index is -0.463. The van der Waals surface area contributed by atoms with E-state index in [1.807, 2.05) is 45.0 Å². The molecule has 0 N–H and O–H groups in total. The van der Waals surface area contributed by atoms with Gasteiger partial charge >= 0.3 is 5.97 Å². The van der Waals surface area contributed by atoms with Crippen LogP contribution in [0, 0.1) is 0 Å². The van der Waals surface area contributed by atoms with E-state index in [0.29, 0.717) is 6.10 Å². The van der Waals surface area contributed by atoms with E-state index in [4.69, 9.17) is 9.47 Å². The number of carbonyl (C=O) groups excluding carboxylic acids is 1. The Hall–Kier alpha value is -1.77. The van der Waals surface area contributed by atoms with Gasteiger partial charge in [0.25, 0.3) is 0 Å². The lowest BCUT2D eigenvalue weighted by molar-refractivity contribution is -0.148. The molecule has 0 unspecified atom stereocenters. The molecular weight excluding hydrogens is 264 g/mol. The monoisotopic (exact) mass is 288 g/mol. The fourth-order valence-electron chi connectivity index (χ4n) is 2.39. The Morgan fingerprint density at radius 1 is 1.24 bits per heavy atom. The topological polar surface area (TPSA) is 35.5 Å². The predicted molar refractivity (Wildman–Crippen MR) is 84.2 cm³/mol. The maximum absolute atomic E-state index is 11.7. The first-order chi connectivity index (χ1) is 9.92. The lowest BCUT2D eigenvalue weighted by atomic mass is 10.2. The lowest BCUT2D eigenvalue weighted by Gasteiger charge is -2.17. The van der Waals surface area contributed by atoms with Gasteiger partial charge in [0.15, 0.2) is 0 Å². The molecule has 0 aromatic heterocycles. The number of ether oxygens (including phenoxy) is 2. The first kappa shape index (κ1) is 15.6. The summed E-state index contributed by atoms with van der Waals surface area (Å²) in [5, 5.41) is 0. The minimum absolute atomic E-state index is 0.329. The van der Waals surface area contributed by atoms with Crippen molar-refractivity contribution in [3.8, 4) is 5.75 Å². The minimum Gasteiger partial charge on any atom is -0.490 e. The summed E-state index contributed by atoms with van der Waals surface area (Å²) in [6.07, 6.45) is 8.34. The molecule has 3 nitrogen and oxygen atoms in total. The predicted octanol–water partition coefficient (Wildman–Crippen LogP) is 4.36. The van der Waals surface area contributed by atoms with Crippen molar-refractivity contribution >= 4 is 12.0 Å². The SMILES string of the molecule is CC(C)(C)OC(=O)/C=C/c1cccc(OC2CCCC2)c1. The summed E-state index contributed by atoms with van der Waals surface area (Å²) in [6, 6.07) is 7.81. The summed E-state index contributed by atoms with van der Waals surface area (Å²) in [5.41, 5.74) is 0.478. The Morgan fingerprint density at radius 2 is 1.95 bits per heavy atom. The second kappa shape index (κ2) is 6.79. The molecule has 1 aliphatic carbocycles. The van der Waals surface area contributed by atoms with Crippen LogP contribution in [0.15, 0.2) is 30.3 Å². The molecule has 0 atom stereocenters. The van der Waals surface area contributed by atoms with Crippen LogP contribution in [0.1, 0.15) is 52.0 Å². The van der Waals surface area contributed by atoms with Crippen LogP contribution in [0.25, 0.3) is 6.08 Å². The van der Waals surface area contributed by atoms with Crippen molar-refractivity contribution in [1.29, 1.82) is 0 Å². The molecule has 3 heteroatoms. The lowest BCUT2D eigenvalue weighted by Crippen LogP contribution is -2.22. The summed E-state index contributed by atoms with van der Waals surface area (Å²) < 4.78 is 11.2. The molecule has 1 aliphatic rings. The third-order valence-corrected chi connectivity index (χ3v) is 3.28. The highest BCUT2D eigenvalue weighted by atomic mass is 16.6. The van der Waals surface area contributed by atoms with Gasteiger partial charge in [0.2, 0.25) is 0 Å². The first-order valence-corrected chi connectivity index (χ1v) is 7.60. The van der Waals surface area contributed by atoms with E-state index in [9.17, 15) is 4.79 Å². The van der Waals surface area contributed by atoms with Gasteiger partial charge in [-0.2, -0.15) is 0 Å². The molecule has 0 saturated heterocycles. The van der Waals surface area contributed by atoms with Crippen LogP contribution in [0.2, 0.25) is 0 Å². The molecule has 1 saturated carbocycles. The fourth-order valence-corrected chi connectivity index (χ4v) is 2.39. The zero-order chi connectivity index (χ0) is 15.3. The maximum atomic E-state index is 11.7. The highest BCUT2D eigenvalue weighted by Crippen LogP contribution is 2.24. The van der Waals surface area contributed by atoms with Crippen LogP contribution in [0.4, 0.5) is 0 Å². The standard InChI is InChI=1S/C18H24O3/c1-18(2,3)21-17(19)12-11-14-7-6-10-16(13-14)20-15-8-4-5-9-15/h6-7,10-13,15H,4-5,8-9H2,1-3H3/b12-11+. The third kappa shape index (κ3) is 5.62. The van der Waals surface area contributed by atoms with Gasteiger partial charge in [-0.05, 0) is 70.2 Å². The van der Waals surface area contributed by atoms with Gasteiger partial charge in [-0.25, -0.2) is 4.79 Å². The quantitative estimate of drug-likeness (QED) is 0.610. The Balaban J connectivity index is 1.95. The van der Waals surface area contributed by atoms with E-state index in [-0.39, 0.29) is 5.97 Å². The van der Waals surface area contributed by atoms with Gasteiger partial charge in [-0.3, -0.25) is 0 Å². The van der Waals surface area contributed by atoms with Crippen molar-refractivity contribution in [1.82, 2.24) is 0 Å². The van der Waals surface area contributed by atoms with Crippen molar-refractivity contribution in [2.45, 2.75) is 58.2 Å². The Labute approximate surface area is 127 Å². The van der Waals surface area contributed by atoms with Crippen LogP contribution in [-0.2, 0) is 9.53 Å². The van der Waals surface area contributed by atoms with Crippen molar-refractivity contribution < 1.29 is 14.3 Å². The molecule has 0 radical (unpaired) electrons. The van der Waals surface area contributed by atoms with Crippen molar-refractivity contribution in [3.63, 3.8) is 0 Å². The van der Waals surface area contributed by atoms with Crippen LogP contribution in [0.5, 0.6) is 5.75 Å². The normalized spacial score (nSPS) is 16.3. The summed E-state index contributed by atoms with van der Waals surface area (Å²) in [4.78, 5) is 11.7. The average Bonchev–Trinajstić information content (AvgIpc) is 2.88. The fraction of sp³-hybridized carbons (Fsp3) is 0.500. The third-order valence-electron chi connectivity index (χ3n) is 3.28. The molecule has 2 rings (SSSR count).